The Morgan fingerprint density at radius 3 is 1.48 bits per heavy atom. The van der Waals surface area contributed by atoms with Crippen molar-refractivity contribution < 1.29 is 9.59 Å². The molecule has 33 heavy (non-hydrogen) atoms. The molecule has 0 atom stereocenters. The van der Waals surface area contributed by atoms with Crippen LogP contribution in [0.1, 0.15) is 31.9 Å². The number of carbonyl (C=O) groups excluding carboxylic acids is 2. The van der Waals surface area contributed by atoms with Gasteiger partial charge in [-0.15, -0.1) is 0 Å². The summed E-state index contributed by atoms with van der Waals surface area (Å²) in [7, 11) is 0. The summed E-state index contributed by atoms with van der Waals surface area (Å²) in [6.45, 7) is 13.3. The molecule has 2 aromatic carbocycles. The summed E-state index contributed by atoms with van der Waals surface area (Å²) in [6.07, 6.45) is 4.90. The SMILES string of the molecule is C=CC1=C(/C=C\C)C(=O)C(=C(/C)Nc2ccc(C)cc2)/C(=C(\C)Nc2ccc(C)cc2)C1=O. The van der Waals surface area contributed by atoms with Crippen LogP contribution in [0.25, 0.3) is 0 Å². The molecular formula is C29H30N2O2. The quantitative estimate of drug-likeness (QED) is 0.500. The van der Waals surface area contributed by atoms with Crippen LogP contribution in [0.15, 0.2) is 107 Å². The lowest BCUT2D eigenvalue weighted by molar-refractivity contribution is -0.116. The maximum atomic E-state index is 13.7. The molecule has 168 valence electrons. The van der Waals surface area contributed by atoms with Crippen LogP contribution in [0.3, 0.4) is 0 Å². The van der Waals surface area contributed by atoms with E-state index in [1.807, 2.05) is 83.1 Å². The lowest BCUT2D eigenvalue weighted by atomic mass is 9.80. The molecule has 1 aliphatic rings. The first-order valence-corrected chi connectivity index (χ1v) is 10.9. The first kappa shape index (κ1) is 23.7. The van der Waals surface area contributed by atoms with Gasteiger partial charge < -0.3 is 10.6 Å². The molecule has 0 heterocycles. The van der Waals surface area contributed by atoms with Crippen LogP contribution in [-0.4, -0.2) is 11.6 Å². The Balaban J connectivity index is 2.19. The highest BCUT2D eigenvalue weighted by molar-refractivity contribution is 6.32. The summed E-state index contributed by atoms with van der Waals surface area (Å²) >= 11 is 0. The van der Waals surface area contributed by atoms with Gasteiger partial charge in [0.05, 0.1) is 11.1 Å². The van der Waals surface area contributed by atoms with E-state index in [2.05, 4.69) is 17.2 Å². The average molecular weight is 439 g/mol. The van der Waals surface area contributed by atoms with Gasteiger partial charge in [0.1, 0.15) is 0 Å². The second-order valence-corrected chi connectivity index (χ2v) is 8.17. The fourth-order valence-corrected chi connectivity index (χ4v) is 3.82. The molecule has 3 rings (SSSR count). The number of hydrogen-bond donors (Lipinski definition) is 2. The normalized spacial score (nSPS) is 17.4. The Kier molecular flexibility index (Phi) is 7.29. The molecule has 0 radical (unpaired) electrons. The number of carbonyl (C=O) groups is 2. The summed E-state index contributed by atoms with van der Waals surface area (Å²) in [6, 6.07) is 15.8. The molecule has 4 heteroatoms. The van der Waals surface area contributed by atoms with Crippen LogP contribution in [0.5, 0.6) is 0 Å². The van der Waals surface area contributed by atoms with E-state index < -0.39 is 0 Å². The summed E-state index contributed by atoms with van der Waals surface area (Å²) in [5.41, 5.74) is 6.56. The predicted molar refractivity (Wildman–Crippen MR) is 137 cm³/mol. The van der Waals surface area contributed by atoms with Crippen LogP contribution < -0.4 is 10.6 Å². The molecule has 0 saturated carbocycles. The summed E-state index contributed by atoms with van der Waals surface area (Å²) in [4.78, 5) is 27.3. The van der Waals surface area contributed by atoms with Gasteiger partial charge in [0, 0.05) is 33.9 Å². The van der Waals surface area contributed by atoms with Gasteiger partial charge in [-0.3, -0.25) is 9.59 Å². The van der Waals surface area contributed by atoms with Gasteiger partial charge in [-0.05, 0) is 58.9 Å². The topological polar surface area (TPSA) is 58.2 Å². The highest BCUT2D eigenvalue weighted by Gasteiger charge is 2.35. The molecule has 0 aliphatic heterocycles. The second kappa shape index (κ2) is 10.1. The van der Waals surface area contributed by atoms with Crippen molar-refractivity contribution in [3.05, 3.63) is 118 Å². The zero-order chi connectivity index (χ0) is 24.1. The minimum atomic E-state index is -0.227. The van der Waals surface area contributed by atoms with E-state index >= 15 is 0 Å². The third-order valence-corrected chi connectivity index (χ3v) is 5.54. The van der Waals surface area contributed by atoms with Crippen molar-refractivity contribution in [2.75, 3.05) is 10.6 Å². The molecule has 2 N–H and O–H groups in total. The van der Waals surface area contributed by atoms with Gasteiger partial charge in [-0.1, -0.05) is 60.2 Å². The number of rotatable bonds is 6. The van der Waals surface area contributed by atoms with Crippen LogP contribution in [0, 0.1) is 13.8 Å². The van der Waals surface area contributed by atoms with Crippen LogP contribution >= 0.6 is 0 Å². The van der Waals surface area contributed by atoms with Crippen LogP contribution in [-0.2, 0) is 9.59 Å². The molecule has 1 aliphatic carbocycles. The Hall–Kier alpha value is -3.92. The third kappa shape index (κ3) is 5.12. The monoisotopic (exact) mass is 438 g/mol. The first-order valence-electron chi connectivity index (χ1n) is 10.9. The molecular weight excluding hydrogens is 408 g/mol. The summed E-state index contributed by atoms with van der Waals surface area (Å²) in [5.74, 6) is -0.436. The number of Topliss-reactive ketones (excluding diaryl/α,β-unsaturated/α-hetero) is 2. The Labute approximate surface area is 196 Å². The largest absolute Gasteiger partial charge is 0.359 e. The first-order chi connectivity index (χ1) is 15.8. The molecule has 4 nitrogen and oxygen atoms in total. The highest BCUT2D eigenvalue weighted by Crippen LogP contribution is 2.34. The van der Waals surface area contributed by atoms with E-state index in [9.17, 15) is 9.59 Å². The van der Waals surface area contributed by atoms with Crippen molar-refractivity contribution in [1.82, 2.24) is 0 Å². The van der Waals surface area contributed by atoms with E-state index in [4.69, 9.17) is 0 Å². The molecule has 0 fully saturated rings. The van der Waals surface area contributed by atoms with E-state index in [0.717, 1.165) is 22.5 Å². The highest BCUT2D eigenvalue weighted by atomic mass is 16.1. The molecule has 0 amide bonds. The summed E-state index contributed by atoms with van der Waals surface area (Å²) < 4.78 is 0. The summed E-state index contributed by atoms with van der Waals surface area (Å²) in [5, 5.41) is 6.62. The minimum absolute atomic E-state index is 0.209. The fourth-order valence-electron chi connectivity index (χ4n) is 3.82. The Morgan fingerprint density at radius 1 is 0.727 bits per heavy atom. The van der Waals surface area contributed by atoms with Gasteiger partial charge in [0.15, 0.2) is 11.6 Å². The zero-order valence-electron chi connectivity index (χ0n) is 19.9. The van der Waals surface area contributed by atoms with Crippen molar-refractivity contribution in [1.29, 1.82) is 0 Å². The van der Waals surface area contributed by atoms with Crippen LogP contribution in [0.4, 0.5) is 11.4 Å². The number of ketones is 2. The lowest BCUT2D eigenvalue weighted by Crippen LogP contribution is -2.27. The Bertz CT molecular complexity index is 1220. The van der Waals surface area contributed by atoms with Crippen molar-refractivity contribution in [3.63, 3.8) is 0 Å². The van der Waals surface area contributed by atoms with Crippen molar-refractivity contribution >= 4 is 22.9 Å². The van der Waals surface area contributed by atoms with E-state index in [-0.39, 0.29) is 11.6 Å². The number of anilines is 2. The maximum absolute atomic E-state index is 13.7. The zero-order valence-corrected chi connectivity index (χ0v) is 19.9. The van der Waals surface area contributed by atoms with Gasteiger partial charge in [-0.2, -0.15) is 0 Å². The standard InChI is InChI=1S/C29H30N2O2/c1-7-9-25-24(8-2)28(32)26(20(5)30-22-14-10-18(3)11-15-22)27(29(25)33)21(6)31-23-16-12-19(4)13-17-23/h7-17,30-31H,2H2,1,3-6H3/b9-7-,26-20-,27-21-. The van der Waals surface area contributed by atoms with Gasteiger partial charge in [0.25, 0.3) is 0 Å². The number of benzene rings is 2. The smallest absolute Gasteiger partial charge is 0.196 e. The van der Waals surface area contributed by atoms with E-state index in [0.29, 0.717) is 33.7 Å². The molecule has 0 aromatic heterocycles. The van der Waals surface area contributed by atoms with Gasteiger partial charge in [0.2, 0.25) is 0 Å². The van der Waals surface area contributed by atoms with Crippen LogP contribution in [0.2, 0.25) is 0 Å². The molecule has 0 unspecified atom stereocenters. The molecule has 0 bridgehead atoms. The number of hydrogen-bond acceptors (Lipinski definition) is 4. The van der Waals surface area contributed by atoms with Crippen molar-refractivity contribution in [2.45, 2.75) is 34.6 Å². The predicted octanol–water partition coefficient (Wildman–Crippen LogP) is 6.59. The van der Waals surface area contributed by atoms with Gasteiger partial charge in [-0.25, -0.2) is 0 Å². The lowest BCUT2D eigenvalue weighted by Gasteiger charge is -2.25. The molecule has 0 spiro atoms. The number of nitrogens with one attached hydrogen (secondary N) is 2. The number of aryl methyl sites for hydroxylation is 2. The van der Waals surface area contributed by atoms with Crippen molar-refractivity contribution in [2.24, 2.45) is 0 Å². The minimum Gasteiger partial charge on any atom is -0.359 e. The average Bonchev–Trinajstić information content (AvgIpc) is 2.79. The van der Waals surface area contributed by atoms with Gasteiger partial charge >= 0.3 is 0 Å². The Morgan fingerprint density at radius 2 is 1.12 bits per heavy atom. The fraction of sp³-hybridized carbons (Fsp3) is 0.172. The second-order valence-electron chi connectivity index (χ2n) is 8.17. The van der Waals surface area contributed by atoms with E-state index in [1.165, 1.54) is 6.08 Å². The maximum Gasteiger partial charge on any atom is 0.196 e. The van der Waals surface area contributed by atoms with Crippen molar-refractivity contribution in [3.8, 4) is 0 Å². The molecule has 2 aromatic rings. The van der Waals surface area contributed by atoms with E-state index in [1.54, 1.807) is 12.2 Å². The third-order valence-electron chi connectivity index (χ3n) is 5.54. The molecule has 0 saturated heterocycles. The number of allylic oxidation sites excluding steroid dienone is 9.